The molecule has 4 nitrogen and oxygen atoms in total. The summed E-state index contributed by atoms with van der Waals surface area (Å²) in [5, 5.41) is 14.8. The summed E-state index contributed by atoms with van der Waals surface area (Å²) >= 11 is 0. The average molecular weight is 577 g/mol. The fourth-order valence-corrected chi connectivity index (χ4v) is 6.64. The number of pyridine rings is 1. The van der Waals surface area contributed by atoms with Crippen LogP contribution in [-0.4, -0.2) is 35.3 Å². The Morgan fingerprint density at radius 2 is 1.11 bits per heavy atom. The van der Waals surface area contributed by atoms with E-state index in [1.54, 1.807) is 15.7 Å². The highest BCUT2D eigenvalue weighted by molar-refractivity contribution is 6.38. The second-order valence-electron chi connectivity index (χ2n) is 12.0. The van der Waals surface area contributed by atoms with Crippen LogP contribution in [-0.2, 0) is 5.40 Å². The zero-order valence-electron chi connectivity index (χ0n) is 25.1. The van der Waals surface area contributed by atoms with Gasteiger partial charge in [0.25, 0.3) is 0 Å². The van der Waals surface area contributed by atoms with Crippen molar-refractivity contribution in [3.05, 3.63) is 152 Å². The van der Waals surface area contributed by atoms with Crippen LogP contribution in [0, 0.1) is 0 Å². The molecule has 0 radical (unpaired) electrons. The lowest BCUT2D eigenvalue weighted by Gasteiger charge is -2.21. The van der Waals surface area contributed by atoms with E-state index >= 15 is 0 Å². The van der Waals surface area contributed by atoms with Gasteiger partial charge < -0.3 is 5.11 Å². The maximum atomic E-state index is 11.1. The second-order valence-corrected chi connectivity index (χ2v) is 12.0. The molecule has 0 bridgehead atoms. The Morgan fingerprint density at radius 1 is 0.556 bits per heavy atom. The van der Waals surface area contributed by atoms with Crippen molar-refractivity contribution in [3.8, 4) is 39.1 Å². The van der Waals surface area contributed by atoms with Crippen LogP contribution in [0.1, 0.15) is 5.82 Å². The number of rotatable bonds is 5. The average Bonchev–Trinajstić information content (AvgIpc) is 3.48. The van der Waals surface area contributed by atoms with Gasteiger partial charge in [-0.3, -0.25) is 9.55 Å². The summed E-state index contributed by atoms with van der Waals surface area (Å²) in [6.45, 7) is 0. The number of benzene rings is 6. The first-order valence-electron chi connectivity index (χ1n) is 15.2. The van der Waals surface area contributed by atoms with Gasteiger partial charge in [-0.05, 0) is 85.8 Å². The van der Waals surface area contributed by atoms with E-state index in [2.05, 4.69) is 119 Å². The van der Waals surface area contributed by atoms with Crippen molar-refractivity contribution in [1.82, 2.24) is 14.5 Å². The molecule has 6 heteroatoms. The Bertz CT molecular complexity index is 2320. The molecular weight excluding hydrogens is 548 g/mol. The van der Waals surface area contributed by atoms with Crippen molar-refractivity contribution in [1.29, 1.82) is 0 Å². The van der Waals surface area contributed by atoms with Gasteiger partial charge in [0.2, 0.25) is 0 Å². The van der Waals surface area contributed by atoms with Crippen LogP contribution in [0.15, 0.2) is 146 Å². The molecule has 1 N–H and O–H groups in total. The maximum Gasteiger partial charge on any atom is 0.141 e. The first-order chi connectivity index (χ1) is 22.0. The molecule has 6 aromatic carbocycles. The standard InChI is InChI=1S/C39H29B2N3O/c40-39(41,45)38-43-34-19-5-6-20-35(34)44(38)29-14-8-12-27(23-29)37-32-17-3-1-15-30(32)36(31-16-2-4-18-33(31)37)26-11-7-10-25(22-26)28-13-9-21-42-24-28/h1-24,45H,40-41H2. The van der Waals surface area contributed by atoms with Gasteiger partial charge in [-0.15, -0.1) is 0 Å². The molecule has 0 fully saturated rings. The fraction of sp³-hybridized carbons (Fsp3) is 0.0256. The summed E-state index contributed by atoms with van der Waals surface area (Å²) in [4.78, 5) is 9.20. The number of aliphatic hydroxyl groups is 1. The molecular formula is C39H29B2N3O. The molecule has 8 aromatic rings. The molecule has 2 aromatic heterocycles. The number of fused-ring (bicyclic) bond motifs is 3. The highest BCUT2D eigenvalue weighted by Crippen LogP contribution is 2.44. The van der Waals surface area contributed by atoms with Gasteiger partial charge in [-0.25, -0.2) is 4.98 Å². The summed E-state index contributed by atoms with van der Waals surface area (Å²) in [5.74, 6) is 0.611. The van der Waals surface area contributed by atoms with E-state index in [1.165, 1.54) is 38.2 Å². The molecule has 0 saturated carbocycles. The predicted molar refractivity (Wildman–Crippen MR) is 191 cm³/mol. The van der Waals surface area contributed by atoms with Crippen molar-refractivity contribution in [2.45, 2.75) is 5.40 Å². The monoisotopic (exact) mass is 577 g/mol. The summed E-state index contributed by atoms with van der Waals surface area (Å²) in [6, 6.07) is 46.9. The van der Waals surface area contributed by atoms with E-state index in [9.17, 15) is 5.11 Å². The van der Waals surface area contributed by atoms with Crippen LogP contribution < -0.4 is 0 Å². The van der Waals surface area contributed by atoms with Gasteiger partial charge >= 0.3 is 0 Å². The maximum absolute atomic E-state index is 11.1. The quantitative estimate of drug-likeness (QED) is 0.176. The molecule has 0 spiro atoms. The third-order valence-electron chi connectivity index (χ3n) is 8.58. The van der Waals surface area contributed by atoms with Crippen molar-refractivity contribution in [2.75, 3.05) is 0 Å². The molecule has 212 valence electrons. The highest BCUT2D eigenvalue weighted by Gasteiger charge is 2.26. The number of imidazole rings is 1. The SMILES string of the molecule is BC(B)(O)c1nc2ccccc2n1-c1cccc(-c2c3ccccc3c(-c3cccc(-c4cccnc4)c3)c3ccccc23)c1. The fourth-order valence-electron chi connectivity index (χ4n) is 6.64. The molecule has 45 heavy (non-hydrogen) atoms. The Kier molecular flexibility index (Phi) is 6.40. The number of hydrogen-bond donors (Lipinski definition) is 1. The minimum Gasteiger partial charge on any atom is -0.400 e. The molecule has 2 heterocycles. The number of aromatic nitrogens is 3. The van der Waals surface area contributed by atoms with E-state index < -0.39 is 5.40 Å². The van der Waals surface area contributed by atoms with Gasteiger partial charge in [-0.1, -0.05) is 97.1 Å². The van der Waals surface area contributed by atoms with Crippen molar-refractivity contribution >= 4 is 48.3 Å². The number of nitrogens with zero attached hydrogens (tertiary/aromatic N) is 3. The van der Waals surface area contributed by atoms with Crippen LogP contribution in [0.3, 0.4) is 0 Å². The molecule has 0 saturated heterocycles. The normalized spacial score (nSPS) is 11.8. The minimum atomic E-state index is -1.12. The summed E-state index contributed by atoms with van der Waals surface area (Å²) in [5.41, 5.74) is 9.69. The zero-order chi connectivity index (χ0) is 30.5. The van der Waals surface area contributed by atoms with Crippen LogP contribution in [0.25, 0.3) is 71.6 Å². The van der Waals surface area contributed by atoms with E-state index in [-0.39, 0.29) is 0 Å². The van der Waals surface area contributed by atoms with E-state index in [0.717, 1.165) is 33.4 Å². The first kappa shape index (κ1) is 27.1. The van der Waals surface area contributed by atoms with Crippen molar-refractivity contribution in [3.63, 3.8) is 0 Å². The number of para-hydroxylation sites is 2. The van der Waals surface area contributed by atoms with Crippen molar-refractivity contribution in [2.24, 2.45) is 0 Å². The molecule has 0 amide bonds. The van der Waals surface area contributed by atoms with E-state index in [4.69, 9.17) is 4.98 Å². The van der Waals surface area contributed by atoms with Crippen LogP contribution in [0.4, 0.5) is 0 Å². The predicted octanol–water partition coefficient (Wildman–Crippen LogP) is 7.10. The molecule has 0 unspecified atom stereocenters. The lowest BCUT2D eigenvalue weighted by atomic mass is 9.65. The summed E-state index contributed by atoms with van der Waals surface area (Å²) in [7, 11) is 3.58. The van der Waals surface area contributed by atoms with Crippen LogP contribution in [0.5, 0.6) is 0 Å². The van der Waals surface area contributed by atoms with Crippen LogP contribution >= 0.6 is 0 Å². The minimum absolute atomic E-state index is 0.611. The summed E-state index contributed by atoms with van der Waals surface area (Å²) in [6.07, 6.45) is 3.72. The molecule has 0 atom stereocenters. The van der Waals surface area contributed by atoms with Gasteiger partial charge in [0.1, 0.15) is 21.5 Å². The van der Waals surface area contributed by atoms with Crippen LogP contribution in [0.2, 0.25) is 0 Å². The topological polar surface area (TPSA) is 50.9 Å². The summed E-state index contributed by atoms with van der Waals surface area (Å²) < 4.78 is 2.08. The van der Waals surface area contributed by atoms with Crippen molar-refractivity contribution < 1.29 is 5.11 Å². The Labute approximate surface area is 263 Å². The van der Waals surface area contributed by atoms with Gasteiger partial charge in [-0.2, -0.15) is 0 Å². The molecule has 0 aliphatic carbocycles. The smallest absolute Gasteiger partial charge is 0.141 e. The molecule has 8 rings (SSSR count). The number of hydrogen-bond acceptors (Lipinski definition) is 3. The van der Waals surface area contributed by atoms with E-state index in [1.807, 2.05) is 36.7 Å². The molecule has 0 aliphatic heterocycles. The molecule has 0 aliphatic rings. The van der Waals surface area contributed by atoms with E-state index in [0.29, 0.717) is 5.82 Å². The highest BCUT2D eigenvalue weighted by atomic mass is 16.3. The van der Waals surface area contributed by atoms with Gasteiger partial charge in [0.15, 0.2) is 0 Å². The largest absolute Gasteiger partial charge is 0.400 e. The Hall–Kier alpha value is -5.45. The Morgan fingerprint density at radius 3 is 1.73 bits per heavy atom. The zero-order valence-corrected chi connectivity index (χ0v) is 25.1. The second kappa shape index (κ2) is 10.6. The lowest BCUT2D eigenvalue weighted by Crippen LogP contribution is -2.30. The van der Waals surface area contributed by atoms with Gasteiger partial charge in [0, 0.05) is 23.6 Å². The Balaban J connectivity index is 1.39. The third kappa shape index (κ3) is 4.62. The third-order valence-corrected chi connectivity index (χ3v) is 8.58. The van der Waals surface area contributed by atoms with Gasteiger partial charge in [0.05, 0.1) is 16.4 Å². The first-order valence-corrected chi connectivity index (χ1v) is 15.2. The lowest BCUT2D eigenvalue weighted by molar-refractivity contribution is 0.205.